The standard InChI is InChI=1S/C55H40N2/c1-5-17-39(18-6-1)52-48-36-49(48)53(57-54(56-52)40-19-7-2-8-20-40)42-22-15-21-41(35-42)37-31-33-38(34-32-37)45-28-16-29-47-46-27-13-14-30-50(46)55(51(45)47,43-23-9-3-10-24-43)44-25-11-4-12-26-44/h1-35,48-49,52H,36H2. The molecule has 0 bridgehead atoms. The number of fused-ring (bicyclic) bond motifs is 4. The first-order valence-corrected chi connectivity index (χ1v) is 20.1. The van der Waals surface area contributed by atoms with Crippen molar-refractivity contribution in [1.29, 1.82) is 0 Å². The molecule has 0 radical (unpaired) electrons. The van der Waals surface area contributed by atoms with E-state index in [-0.39, 0.29) is 6.04 Å². The Labute approximate surface area is 334 Å². The van der Waals surface area contributed by atoms with E-state index in [2.05, 4.69) is 212 Å². The minimum atomic E-state index is -0.459. The minimum Gasteiger partial charge on any atom is -0.258 e. The zero-order valence-corrected chi connectivity index (χ0v) is 31.5. The summed E-state index contributed by atoms with van der Waals surface area (Å²) < 4.78 is 0. The number of rotatable bonds is 7. The summed E-state index contributed by atoms with van der Waals surface area (Å²) in [6.45, 7) is 0. The van der Waals surface area contributed by atoms with Crippen LogP contribution in [0.1, 0.15) is 51.4 Å². The van der Waals surface area contributed by atoms with Crippen LogP contribution in [0.15, 0.2) is 222 Å². The van der Waals surface area contributed by atoms with Crippen molar-refractivity contribution in [3.8, 4) is 33.4 Å². The Kier molecular flexibility index (Phi) is 8.03. The van der Waals surface area contributed by atoms with E-state index in [1.807, 2.05) is 0 Å². The summed E-state index contributed by atoms with van der Waals surface area (Å²) in [6, 6.07) is 77.4. The zero-order chi connectivity index (χ0) is 37.8. The second-order valence-electron chi connectivity index (χ2n) is 15.6. The van der Waals surface area contributed by atoms with Crippen molar-refractivity contribution in [1.82, 2.24) is 0 Å². The summed E-state index contributed by atoms with van der Waals surface area (Å²) in [6.07, 6.45) is 1.10. The monoisotopic (exact) mass is 728 g/mol. The molecule has 2 aliphatic carbocycles. The van der Waals surface area contributed by atoms with Gasteiger partial charge in [-0.3, -0.25) is 4.99 Å². The van der Waals surface area contributed by atoms with Crippen molar-refractivity contribution >= 4 is 11.5 Å². The van der Waals surface area contributed by atoms with Gasteiger partial charge in [0.2, 0.25) is 0 Å². The molecule has 270 valence electrons. The van der Waals surface area contributed by atoms with Crippen molar-refractivity contribution in [2.75, 3.05) is 0 Å². The third-order valence-corrected chi connectivity index (χ3v) is 12.4. The van der Waals surface area contributed by atoms with Crippen LogP contribution in [0, 0.1) is 11.8 Å². The SMILES string of the molecule is c1ccc(C2=NC(c3ccccc3)C3CC3C(c3cccc(-c4ccc(-c5cccc6c5C(c5ccccc5)(c5ccccc5)c5ccccc5-6)cc4)c3)=N2)cc1. The lowest BCUT2D eigenvalue weighted by molar-refractivity contribution is 0.622. The van der Waals surface area contributed by atoms with Crippen LogP contribution in [0.3, 0.4) is 0 Å². The van der Waals surface area contributed by atoms with E-state index in [0.29, 0.717) is 11.8 Å². The van der Waals surface area contributed by atoms with Crippen molar-refractivity contribution < 1.29 is 0 Å². The highest BCUT2D eigenvalue weighted by atomic mass is 15.0. The maximum absolute atomic E-state index is 5.38. The Morgan fingerprint density at radius 3 is 1.68 bits per heavy atom. The van der Waals surface area contributed by atoms with Crippen molar-refractivity contribution in [2.24, 2.45) is 21.8 Å². The van der Waals surface area contributed by atoms with Crippen LogP contribution >= 0.6 is 0 Å². The molecule has 2 heteroatoms. The molecule has 1 saturated carbocycles. The van der Waals surface area contributed by atoms with Gasteiger partial charge in [0.15, 0.2) is 5.84 Å². The molecule has 11 rings (SSSR count). The predicted molar refractivity (Wildman–Crippen MR) is 235 cm³/mol. The Hall–Kier alpha value is -6.90. The molecule has 1 heterocycles. The average molecular weight is 729 g/mol. The van der Waals surface area contributed by atoms with Gasteiger partial charge in [0.25, 0.3) is 0 Å². The molecule has 0 amide bonds. The molecular formula is C55H40N2. The fourth-order valence-electron chi connectivity index (χ4n) is 9.75. The Morgan fingerprint density at radius 1 is 0.421 bits per heavy atom. The molecule has 57 heavy (non-hydrogen) atoms. The van der Waals surface area contributed by atoms with Gasteiger partial charge in [-0.25, -0.2) is 4.99 Å². The van der Waals surface area contributed by atoms with Gasteiger partial charge < -0.3 is 0 Å². The van der Waals surface area contributed by atoms with Crippen LogP contribution in [0.5, 0.6) is 0 Å². The first-order valence-electron chi connectivity index (χ1n) is 20.1. The molecule has 3 atom stereocenters. The molecular weight excluding hydrogens is 689 g/mol. The average Bonchev–Trinajstić information content (AvgIpc) is 4.04. The van der Waals surface area contributed by atoms with E-state index in [0.717, 1.165) is 23.5 Å². The molecule has 8 aromatic carbocycles. The summed E-state index contributed by atoms with van der Waals surface area (Å²) >= 11 is 0. The summed E-state index contributed by atoms with van der Waals surface area (Å²) in [5.41, 5.74) is 16.8. The van der Waals surface area contributed by atoms with Gasteiger partial charge in [-0.2, -0.15) is 0 Å². The largest absolute Gasteiger partial charge is 0.258 e. The Bertz CT molecular complexity index is 2760. The fraction of sp³-hybridized carbons (Fsp3) is 0.0909. The van der Waals surface area contributed by atoms with Crippen LogP contribution in [0.2, 0.25) is 0 Å². The van der Waals surface area contributed by atoms with Crippen LogP contribution in [0.25, 0.3) is 33.4 Å². The predicted octanol–water partition coefficient (Wildman–Crippen LogP) is 13.0. The van der Waals surface area contributed by atoms with E-state index >= 15 is 0 Å². The fourth-order valence-corrected chi connectivity index (χ4v) is 9.75. The molecule has 8 aromatic rings. The molecule has 0 aromatic heterocycles. The van der Waals surface area contributed by atoms with E-state index < -0.39 is 5.41 Å². The third kappa shape index (κ3) is 5.55. The molecule has 3 aliphatic rings. The number of amidine groups is 1. The summed E-state index contributed by atoms with van der Waals surface area (Å²) in [7, 11) is 0. The highest BCUT2D eigenvalue weighted by Gasteiger charge is 2.49. The topological polar surface area (TPSA) is 24.7 Å². The van der Waals surface area contributed by atoms with E-state index in [9.17, 15) is 0 Å². The molecule has 0 saturated heterocycles. The third-order valence-electron chi connectivity index (χ3n) is 12.4. The zero-order valence-electron chi connectivity index (χ0n) is 31.5. The Balaban J connectivity index is 0.990. The van der Waals surface area contributed by atoms with Gasteiger partial charge in [0, 0.05) is 11.5 Å². The summed E-state index contributed by atoms with van der Waals surface area (Å²) in [4.78, 5) is 10.7. The molecule has 0 N–H and O–H groups in total. The second-order valence-corrected chi connectivity index (χ2v) is 15.6. The quantitative estimate of drug-likeness (QED) is 0.156. The van der Waals surface area contributed by atoms with Crippen molar-refractivity contribution in [2.45, 2.75) is 17.9 Å². The minimum absolute atomic E-state index is 0.0955. The Morgan fingerprint density at radius 2 is 0.965 bits per heavy atom. The lowest BCUT2D eigenvalue weighted by Gasteiger charge is -2.35. The van der Waals surface area contributed by atoms with Gasteiger partial charge in [-0.15, -0.1) is 0 Å². The number of benzene rings is 8. The van der Waals surface area contributed by atoms with Gasteiger partial charge in [0.1, 0.15) is 0 Å². The van der Waals surface area contributed by atoms with Gasteiger partial charge >= 0.3 is 0 Å². The van der Waals surface area contributed by atoms with Crippen molar-refractivity contribution in [3.63, 3.8) is 0 Å². The van der Waals surface area contributed by atoms with E-state index in [1.165, 1.54) is 66.8 Å². The van der Waals surface area contributed by atoms with Crippen LogP contribution < -0.4 is 0 Å². The molecule has 0 spiro atoms. The molecule has 3 unspecified atom stereocenters. The normalized spacial score (nSPS) is 18.6. The second kappa shape index (κ2) is 13.7. The van der Waals surface area contributed by atoms with Crippen LogP contribution in [0.4, 0.5) is 0 Å². The van der Waals surface area contributed by atoms with E-state index in [4.69, 9.17) is 9.98 Å². The first kappa shape index (κ1) is 33.4. The molecule has 2 nitrogen and oxygen atoms in total. The number of aliphatic imine (C=N–C) groups is 2. The lowest BCUT2D eigenvalue weighted by Crippen LogP contribution is -2.29. The van der Waals surface area contributed by atoms with Gasteiger partial charge in [0.05, 0.1) is 17.2 Å². The van der Waals surface area contributed by atoms with Gasteiger partial charge in [-0.05, 0) is 85.2 Å². The number of hydrogen-bond donors (Lipinski definition) is 0. The maximum Gasteiger partial charge on any atom is 0.155 e. The number of hydrogen-bond acceptors (Lipinski definition) is 2. The number of nitrogens with zero attached hydrogens (tertiary/aromatic N) is 2. The smallest absolute Gasteiger partial charge is 0.155 e. The van der Waals surface area contributed by atoms with E-state index in [1.54, 1.807) is 0 Å². The van der Waals surface area contributed by atoms with Crippen LogP contribution in [-0.2, 0) is 5.41 Å². The highest BCUT2D eigenvalue weighted by molar-refractivity contribution is 6.15. The van der Waals surface area contributed by atoms with Crippen molar-refractivity contribution in [3.05, 3.63) is 251 Å². The molecule has 1 fully saturated rings. The maximum atomic E-state index is 5.38. The summed E-state index contributed by atoms with van der Waals surface area (Å²) in [5.74, 6) is 1.63. The molecule has 1 aliphatic heterocycles. The first-order chi connectivity index (χ1) is 28.3. The highest BCUT2D eigenvalue weighted by Crippen LogP contribution is 2.59. The van der Waals surface area contributed by atoms with Crippen LogP contribution in [-0.4, -0.2) is 11.5 Å². The van der Waals surface area contributed by atoms with Gasteiger partial charge in [-0.1, -0.05) is 206 Å². The summed E-state index contributed by atoms with van der Waals surface area (Å²) in [5, 5.41) is 0. The lowest BCUT2D eigenvalue weighted by atomic mass is 9.66.